The molecule has 12 heteroatoms. The molecule has 1 aromatic carbocycles. The van der Waals surface area contributed by atoms with Gasteiger partial charge in [0, 0.05) is 16.2 Å². The largest absolute Gasteiger partial charge is 0.307 e. The molecule has 0 aliphatic heterocycles. The highest BCUT2D eigenvalue weighted by Crippen LogP contribution is 2.25. The highest BCUT2D eigenvalue weighted by atomic mass is 35.5. The maximum absolute atomic E-state index is 12.6. The van der Waals surface area contributed by atoms with Crippen LogP contribution >= 0.6 is 34.8 Å². The Labute approximate surface area is 180 Å². The Balaban J connectivity index is 1.75. The normalized spacial score (nSPS) is 12.0. The zero-order chi connectivity index (χ0) is 21.1. The molecule has 0 spiro atoms. The molecule has 0 saturated carbocycles. The van der Waals surface area contributed by atoms with Gasteiger partial charge in [-0.2, -0.15) is 10.2 Å². The Morgan fingerprint density at radius 2 is 2.03 bits per heavy atom. The van der Waals surface area contributed by atoms with Gasteiger partial charge in [-0.05, 0) is 24.1 Å². The molecule has 0 aliphatic carbocycles. The van der Waals surface area contributed by atoms with Crippen molar-refractivity contribution in [2.75, 3.05) is 5.32 Å². The lowest BCUT2D eigenvalue weighted by Crippen LogP contribution is -2.26. The Morgan fingerprint density at radius 3 is 2.66 bits per heavy atom. The van der Waals surface area contributed by atoms with Crippen molar-refractivity contribution in [1.82, 2.24) is 19.6 Å². The maximum atomic E-state index is 12.6. The lowest BCUT2D eigenvalue weighted by Gasteiger charge is -2.14. The van der Waals surface area contributed by atoms with Gasteiger partial charge in [0.05, 0.1) is 11.5 Å². The van der Waals surface area contributed by atoms with Crippen molar-refractivity contribution < 1.29 is 9.72 Å². The van der Waals surface area contributed by atoms with Gasteiger partial charge in [-0.25, -0.2) is 0 Å². The van der Waals surface area contributed by atoms with Gasteiger partial charge in [-0.15, -0.1) is 0 Å². The van der Waals surface area contributed by atoms with Crippen LogP contribution in [0, 0.1) is 10.1 Å². The van der Waals surface area contributed by atoms with Gasteiger partial charge in [0.2, 0.25) is 5.91 Å². The van der Waals surface area contributed by atoms with Gasteiger partial charge in [-0.3, -0.25) is 24.3 Å². The van der Waals surface area contributed by atoms with Crippen LogP contribution in [0.3, 0.4) is 0 Å². The number of amides is 1. The van der Waals surface area contributed by atoms with Crippen molar-refractivity contribution in [3.05, 3.63) is 67.5 Å². The quantitative estimate of drug-likeness (QED) is 0.412. The van der Waals surface area contributed by atoms with Crippen molar-refractivity contribution in [3.8, 4) is 0 Å². The van der Waals surface area contributed by atoms with E-state index in [-0.39, 0.29) is 16.5 Å². The molecule has 3 rings (SSSR count). The fourth-order valence-corrected chi connectivity index (χ4v) is 3.34. The third-order valence-electron chi connectivity index (χ3n) is 4.11. The first-order valence-corrected chi connectivity index (χ1v) is 9.58. The van der Waals surface area contributed by atoms with E-state index < -0.39 is 16.9 Å². The van der Waals surface area contributed by atoms with E-state index in [9.17, 15) is 14.9 Å². The Morgan fingerprint density at radius 1 is 1.28 bits per heavy atom. The van der Waals surface area contributed by atoms with Crippen molar-refractivity contribution in [2.45, 2.75) is 25.9 Å². The molecule has 3 aromatic rings. The predicted molar refractivity (Wildman–Crippen MR) is 110 cm³/mol. The minimum atomic E-state index is -0.754. The lowest BCUT2D eigenvalue weighted by atomic mass is 10.2. The number of halogens is 3. The topological polar surface area (TPSA) is 108 Å². The summed E-state index contributed by atoms with van der Waals surface area (Å²) < 4.78 is 2.78. The molecule has 1 amide bonds. The number of rotatable bonds is 7. The summed E-state index contributed by atoms with van der Waals surface area (Å²) in [4.78, 5) is 22.9. The molecule has 0 saturated heterocycles. The summed E-state index contributed by atoms with van der Waals surface area (Å²) in [7, 11) is 0. The second-order valence-electron chi connectivity index (χ2n) is 6.11. The summed E-state index contributed by atoms with van der Waals surface area (Å²) in [6, 6.07) is 4.36. The molecule has 1 unspecified atom stereocenters. The molecule has 0 fully saturated rings. The number of nitrogens with one attached hydrogen (secondary N) is 1. The number of aromatic nitrogens is 4. The number of carbonyl (C=O) groups is 1. The van der Waals surface area contributed by atoms with Gasteiger partial charge < -0.3 is 5.32 Å². The molecule has 1 N–H and O–H groups in total. The molecule has 9 nitrogen and oxygen atoms in total. The molecule has 0 bridgehead atoms. The Kier molecular flexibility index (Phi) is 6.41. The number of hydrogen-bond donors (Lipinski definition) is 1. The molecule has 0 aliphatic rings. The van der Waals surface area contributed by atoms with Crippen LogP contribution < -0.4 is 5.32 Å². The van der Waals surface area contributed by atoms with E-state index in [0.717, 1.165) is 11.8 Å². The minimum Gasteiger partial charge on any atom is -0.306 e. The van der Waals surface area contributed by atoms with Crippen LogP contribution in [-0.2, 0) is 11.3 Å². The van der Waals surface area contributed by atoms with Gasteiger partial charge >= 0.3 is 5.69 Å². The first kappa shape index (κ1) is 21.1. The third kappa shape index (κ3) is 4.87. The number of hydrogen-bond acceptors (Lipinski definition) is 5. The van der Waals surface area contributed by atoms with Gasteiger partial charge in [0.15, 0.2) is 5.82 Å². The average molecular weight is 458 g/mol. The van der Waals surface area contributed by atoms with Crippen LogP contribution in [-0.4, -0.2) is 30.4 Å². The fraction of sp³-hybridized carbons (Fsp3) is 0.235. The van der Waals surface area contributed by atoms with Crippen molar-refractivity contribution in [2.24, 2.45) is 0 Å². The number of benzene rings is 1. The molecule has 152 valence electrons. The molecule has 2 aromatic heterocycles. The van der Waals surface area contributed by atoms with E-state index in [1.54, 1.807) is 31.3 Å². The summed E-state index contributed by atoms with van der Waals surface area (Å²) >= 11 is 18.3. The highest BCUT2D eigenvalue weighted by molar-refractivity contribution is 6.35. The van der Waals surface area contributed by atoms with Crippen molar-refractivity contribution in [1.29, 1.82) is 0 Å². The number of nitro groups is 1. The molecular formula is C17H15Cl3N6O3. The molecule has 2 heterocycles. The second-order valence-corrected chi connectivity index (χ2v) is 7.36. The first-order valence-electron chi connectivity index (χ1n) is 8.44. The van der Waals surface area contributed by atoms with Crippen LogP contribution in [0.1, 0.15) is 24.9 Å². The van der Waals surface area contributed by atoms with E-state index in [1.165, 1.54) is 15.6 Å². The Bertz CT molecular complexity index is 1060. The summed E-state index contributed by atoms with van der Waals surface area (Å²) in [5.41, 5.74) is 0.585. The number of anilines is 1. The van der Waals surface area contributed by atoms with Crippen LogP contribution in [0.15, 0.2) is 36.8 Å². The zero-order valence-corrected chi connectivity index (χ0v) is 17.3. The standard InChI is InChI=1S/C17H15Cl3N6O3/c1-2-15(25-8-12(6-21-25)26(28)29)17(27)22-16-14(20)9-24(23-16)7-10-3-4-11(18)5-13(10)19/h3-6,8-9,15H,2,7H2,1H3,(H,22,23,27). The summed E-state index contributed by atoms with van der Waals surface area (Å²) in [5, 5.41) is 22.9. The summed E-state index contributed by atoms with van der Waals surface area (Å²) in [6.07, 6.45) is 4.22. The average Bonchev–Trinajstić information content (AvgIpc) is 3.26. The van der Waals surface area contributed by atoms with E-state index in [4.69, 9.17) is 34.8 Å². The fourth-order valence-electron chi connectivity index (χ4n) is 2.67. The van der Waals surface area contributed by atoms with Crippen molar-refractivity contribution in [3.63, 3.8) is 0 Å². The van der Waals surface area contributed by atoms with E-state index >= 15 is 0 Å². The van der Waals surface area contributed by atoms with Crippen LogP contribution in [0.25, 0.3) is 0 Å². The lowest BCUT2D eigenvalue weighted by molar-refractivity contribution is -0.385. The SMILES string of the molecule is CCC(C(=O)Nc1nn(Cc2ccc(Cl)cc2Cl)cc1Cl)n1cc([N+](=O)[O-])cn1. The first-order chi connectivity index (χ1) is 13.8. The number of carbonyl (C=O) groups excluding carboxylic acids is 1. The minimum absolute atomic E-state index is 0.168. The molecule has 29 heavy (non-hydrogen) atoms. The van der Waals surface area contributed by atoms with Gasteiger partial charge in [0.1, 0.15) is 23.5 Å². The zero-order valence-electron chi connectivity index (χ0n) is 15.1. The van der Waals surface area contributed by atoms with Crippen molar-refractivity contribution >= 4 is 52.2 Å². The molecular weight excluding hydrogens is 443 g/mol. The maximum Gasteiger partial charge on any atom is 0.307 e. The highest BCUT2D eigenvalue weighted by Gasteiger charge is 2.23. The third-order valence-corrected chi connectivity index (χ3v) is 4.98. The second kappa shape index (κ2) is 8.81. The van der Waals surface area contributed by atoms with Gasteiger partial charge in [0.25, 0.3) is 0 Å². The van der Waals surface area contributed by atoms with E-state index in [1.807, 2.05) is 0 Å². The monoisotopic (exact) mass is 456 g/mol. The summed E-state index contributed by atoms with van der Waals surface area (Å²) in [5.74, 6) is -0.274. The number of nitrogens with zero attached hydrogens (tertiary/aromatic N) is 5. The van der Waals surface area contributed by atoms with Crippen LogP contribution in [0.5, 0.6) is 0 Å². The molecule has 0 radical (unpaired) electrons. The van der Waals surface area contributed by atoms with Gasteiger partial charge in [-0.1, -0.05) is 47.8 Å². The summed E-state index contributed by atoms with van der Waals surface area (Å²) in [6.45, 7) is 2.09. The smallest absolute Gasteiger partial charge is 0.306 e. The van der Waals surface area contributed by atoms with E-state index in [0.29, 0.717) is 23.0 Å². The molecule has 1 atom stereocenters. The van der Waals surface area contributed by atoms with E-state index in [2.05, 4.69) is 15.5 Å². The Hall–Kier alpha value is -2.62. The predicted octanol–water partition coefficient (Wildman–Crippen LogP) is 4.59. The van der Waals surface area contributed by atoms with Crippen LogP contribution in [0.2, 0.25) is 15.1 Å². The van der Waals surface area contributed by atoms with Crippen LogP contribution in [0.4, 0.5) is 11.5 Å².